The van der Waals surface area contributed by atoms with Crippen molar-refractivity contribution < 1.29 is 9.53 Å². The third kappa shape index (κ3) is 3.74. The van der Waals surface area contributed by atoms with Gasteiger partial charge < -0.3 is 4.74 Å². The molecule has 0 saturated carbocycles. The number of hydrogen-bond acceptors (Lipinski definition) is 2. The maximum atomic E-state index is 11.4. The van der Waals surface area contributed by atoms with Crippen molar-refractivity contribution in [3.05, 3.63) is 29.8 Å². The number of benzene rings is 1. The molecule has 0 unspecified atom stereocenters. The Morgan fingerprint density at radius 3 is 2.60 bits per heavy atom. The van der Waals surface area contributed by atoms with Gasteiger partial charge >= 0.3 is 0 Å². The van der Waals surface area contributed by atoms with Crippen LogP contribution >= 0.6 is 0 Å². The average Bonchev–Trinajstić information content (AvgIpc) is 2.20. The molecule has 0 aromatic heterocycles. The Morgan fingerprint density at radius 1 is 1.33 bits per heavy atom. The predicted octanol–water partition coefficient (Wildman–Crippen LogP) is 3.00. The van der Waals surface area contributed by atoms with Crippen molar-refractivity contribution in [2.45, 2.75) is 39.7 Å². The monoisotopic (exact) mass is 206 g/mol. The molecule has 0 fully saturated rings. The van der Waals surface area contributed by atoms with E-state index in [9.17, 15) is 4.79 Å². The van der Waals surface area contributed by atoms with Crippen LogP contribution in [0.3, 0.4) is 0 Å². The van der Waals surface area contributed by atoms with Gasteiger partial charge in [0.25, 0.3) is 0 Å². The molecule has 1 rings (SSSR count). The molecule has 2 nitrogen and oxygen atoms in total. The molecule has 0 saturated heterocycles. The molecule has 0 N–H and O–H groups in total. The van der Waals surface area contributed by atoms with E-state index >= 15 is 0 Å². The van der Waals surface area contributed by atoms with E-state index in [1.54, 1.807) is 0 Å². The summed E-state index contributed by atoms with van der Waals surface area (Å²) in [6.45, 7) is 5.85. The van der Waals surface area contributed by atoms with Gasteiger partial charge in [0.05, 0.1) is 6.10 Å². The van der Waals surface area contributed by atoms with Crippen molar-refractivity contribution in [1.82, 2.24) is 0 Å². The zero-order valence-electron chi connectivity index (χ0n) is 9.62. The summed E-state index contributed by atoms with van der Waals surface area (Å²) in [5, 5.41) is 0. The summed E-state index contributed by atoms with van der Waals surface area (Å²) in [4.78, 5) is 11.4. The zero-order chi connectivity index (χ0) is 11.3. The molecule has 0 bridgehead atoms. The predicted molar refractivity (Wildman–Crippen MR) is 61.2 cm³/mol. The normalized spacial score (nSPS) is 10.4. The highest BCUT2D eigenvalue weighted by Crippen LogP contribution is 2.20. The van der Waals surface area contributed by atoms with E-state index < -0.39 is 0 Å². The molecule has 1 aromatic carbocycles. The van der Waals surface area contributed by atoms with Gasteiger partial charge in [-0.25, -0.2) is 0 Å². The van der Waals surface area contributed by atoms with Crippen molar-refractivity contribution in [2.75, 3.05) is 0 Å². The first kappa shape index (κ1) is 11.8. The molecular weight excluding hydrogens is 188 g/mol. The van der Waals surface area contributed by atoms with Crippen LogP contribution in [0.5, 0.6) is 5.75 Å². The van der Waals surface area contributed by atoms with Gasteiger partial charge in [0, 0.05) is 18.4 Å². The number of carbonyl (C=O) groups excluding carboxylic acids is 1. The number of Topliss-reactive ketones (excluding diaryl/α,β-unsaturated/α-hetero) is 1. The summed E-state index contributed by atoms with van der Waals surface area (Å²) < 4.78 is 5.64. The largest absolute Gasteiger partial charge is 0.491 e. The van der Waals surface area contributed by atoms with Crippen LogP contribution in [0.15, 0.2) is 24.3 Å². The molecule has 0 radical (unpaired) electrons. The highest BCUT2D eigenvalue weighted by Gasteiger charge is 2.07. The molecule has 1 aromatic rings. The quantitative estimate of drug-likeness (QED) is 0.740. The van der Waals surface area contributed by atoms with E-state index in [-0.39, 0.29) is 11.9 Å². The molecule has 0 amide bonds. The lowest BCUT2D eigenvalue weighted by Crippen LogP contribution is -2.09. The Hall–Kier alpha value is -1.31. The molecular formula is C13H18O2. The minimum Gasteiger partial charge on any atom is -0.491 e. The number of carbonyl (C=O) groups is 1. The fourth-order valence-corrected chi connectivity index (χ4v) is 1.36. The van der Waals surface area contributed by atoms with Crippen molar-refractivity contribution in [2.24, 2.45) is 0 Å². The SMILES string of the molecule is CCC(=O)Cc1ccccc1OC(C)C. The van der Waals surface area contributed by atoms with Crippen molar-refractivity contribution in [3.63, 3.8) is 0 Å². The third-order valence-corrected chi connectivity index (χ3v) is 2.12. The van der Waals surface area contributed by atoms with Gasteiger partial charge in [0.15, 0.2) is 0 Å². The van der Waals surface area contributed by atoms with Crippen LogP contribution in [0, 0.1) is 0 Å². The van der Waals surface area contributed by atoms with Crippen LogP contribution < -0.4 is 4.74 Å². The van der Waals surface area contributed by atoms with Gasteiger partial charge in [-0.3, -0.25) is 4.79 Å². The van der Waals surface area contributed by atoms with Crippen LogP contribution in [0.4, 0.5) is 0 Å². The molecule has 82 valence electrons. The molecule has 2 heteroatoms. The number of rotatable bonds is 5. The summed E-state index contributed by atoms with van der Waals surface area (Å²) in [7, 11) is 0. The topological polar surface area (TPSA) is 26.3 Å². The average molecular weight is 206 g/mol. The second kappa shape index (κ2) is 5.54. The van der Waals surface area contributed by atoms with Gasteiger partial charge in [0.1, 0.15) is 11.5 Å². The molecule has 0 spiro atoms. The summed E-state index contributed by atoms with van der Waals surface area (Å²) in [6, 6.07) is 7.73. The van der Waals surface area contributed by atoms with Crippen molar-refractivity contribution >= 4 is 5.78 Å². The zero-order valence-corrected chi connectivity index (χ0v) is 9.62. The standard InChI is InChI=1S/C13H18O2/c1-4-12(14)9-11-7-5-6-8-13(11)15-10(2)3/h5-8,10H,4,9H2,1-3H3. The van der Waals surface area contributed by atoms with Crippen LogP contribution in [-0.2, 0) is 11.2 Å². The van der Waals surface area contributed by atoms with Crippen LogP contribution in [-0.4, -0.2) is 11.9 Å². The Bertz CT molecular complexity index is 329. The fourth-order valence-electron chi connectivity index (χ4n) is 1.36. The lowest BCUT2D eigenvalue weighted by atomic mass is 10.1. The van der Waals surface area contributed by atoms with Crippen molar-refractivity contribution in [3.8, 4) is 5.75 Å². The van der Waals surface area contributed by atoms with Crippen LogP contribution in [0.2, 0.25) is 0 Å². The van der Waals surface area contributed by atoms with E-state index in [1.165, 1.54) is 0 Å². The van der Waals surface area contributed by atoms with E-state index in [1.807, 2.05) is 45.0 Å². The van der Waals surface area contributed by atoms with Gasteiger partial charge in [-0.05, 0) is 19.9 Å². The van der Waals surface area contributed by atoms with Crippen molar-refractivity contribution in [1.29, 1.82) is 0 Å². The van der Waals surface area contributed by atoms with Crippen LogP contribution in [0.25, 0.3) is 0 Å². The maximum absolute atomic E-state index is 11.4. The number of ketones is 1. The molecule has 0 aliphatic carbocycles. The highest BCUT2D eigenvalue weighted by molar-refractivity contribution is 5.81. The fraction of sp³-hybridized carbons (Fsp3) is 0.462. The van der Waals surface area contributed by atoms with E-state index in [0.29, 0.717) is 12.8 Å². The lowest BCUT2D eigenvalue weighted by molar-refractivity contribution is -0.118. The Morgan fingerprint density at radius 2 is 2.00 bits per heavy atom. The molecule has 0 aliphatic rings. The van der Waals surface area contributed by atoms with E-state index in [0.717, 1.165) is 11.3 Å². The smallest absolute Gasteiger partial charge is 0.137 e. The first-order valence-electron chi connectivity index (χ1n) is 5.39. The summed E-state index contributed by atoms with van der Waals surface area (Å²) >= 11 is 0. The molecule has 0 atom stereocenters. The highest BCUT2D eigenvalue weighted by atomic mass is 16.5. The van der Waals surface area contributed by atoms with Gasteiger partial charge in [0.2, 0.25) is 0 Å². The maximum Gasteiger partial charge on any atom is 0.137 e. The number of para-hydroxylation sites is 1. The molecule has 0 heterocycles. The molecule has 15 heavy (non-hydrogen) atoms. The first-order chi connectivity index (χ1) is 7.13. The van der Waals surface area contributed by atoms with Gasteiger partial charge in [-0.15, -0.1) is 0 Å². The lowest BCUT2D eigenvalue weighted by Gasteiger charge is -2.13. The second-order valence-corrected chi connectivity index (χ2v) is 3.84. The van der Waals surface area contributed by atoms with E-state index in [2.05, 4.69) is 0 Å². The summed E-state index contributed by atoms with van der Waals surface area (Å²) in [5.74, 6) is 1.07. The third-order valence-electron chi connectivity index (χ3n) is 2.12. The van der Waals surface area contributed by atoms with Gasteiger partial charge in [-0.1, -0.05) is 25.1 Å². The number of hydrogen-bond donors (Lipinski definition) is 0. The Kier molecular flexibility index (Phi) is 4.35. The van der Waals surface area contributed by atoms with E-state index in [4.69, 9.17) is 4.74 Å². The second-order valence-electron chi connectivity index (χ2n) is 3.84. The number of ether oxygens (including phenoxy) is 1. The summed E-state index contributed by atoms with van der Waals surface area (Å²) in [6.07, 6.45) is 1.19. The minimum absolute atomic E-state index is 0.142. The van der Waals surface area contributed by atoms with Gasteiger partial charge in [-0.2, -0.15) is 0 Å². The first-order valence-corrected chi connectivity index (χ1v) is 5.39. The Labute approximate surface area is 91.3 Å². The minimum atomic E-state index is 0.142. The molecule has 0 aliphatic heterocycles. The summed E-state index contributed by atoms with van der Waals surface area (Å²) in [5.41, 5.74) is 0.984. The van der Waals surface area contributed by atoms with Crippen LogP contribution in [0.1, 0.15) is 32.8 Å². The Balaban J connectivity index is 2.81.